The highest BCUT2D eigenvalue weighted by molar-refractivity contribution is 6.42. The van der Waals surface area contributed by atoms with Gasteiger partial charge in [-0.05, 0) is 47.5 Å². The van der Waals surface area contributed by atoms with Gasteiger partial charge in [0.25, 0.3) is 11.6 Å². The van der Waals surface area contributed by atoms with E-state index in [1.807, 2.05) is 12.1 Å². The first-order valence-corrected chi connectivity index (χ1v) is 10.9. The second kappa shape index (κ2) is 10.4. The smallest absolute Gasteiger partial charge is 0.269 e. The molecule has 172 valence electrons. The number of amides is 1. The second-order valence-electron chi connectivity index (χ2n) is 7.34. The molecular formula is C24H18Cl2N4O4. The molecule has 8 nitrogen and oxygen atoms in total. The van der Waals surface area contributed by atoms with E-state index < -0.39 is 4.92 Å². The summed E-state index contributed by atoms with van der Waals surface area (Å²) in [6.07, 6.45) is 1.76. The summed E-state index contributed by atoms with van der Waals surface area (Å²) in [4.78, 5) is 23.0. The molecule has 4 aromatic rings. The largest absolute Gasteiger partial charge is 0.489 e. The average molecular weight is 497 g/mol. The van der Waals surface area contributed by atoms with Crippen LogP contribution in [-0.2, 0) is 13.2 Å². The Morgan fingerprint density at radius 1 is 1.00 bits per heavy atom. The molecule has 1 N–H and O–H groups in total. The normalized spacial score (nSPS) is 10.6. The van der Waals surface area contributed by atoms with Gasteiger partial charge in [-0.15, -0.1) is 0 Å². The number of rotatable bonds is 8. The predicted molar refractivity (Wildman–Crippen MR) is 130 cm³/mol. The van der Waals surface area contributed by atoms with Crippen LogP contribution in [0, 0.1) is 10.1 Å². The van der Waals surface area contributed by atoms with Gasteiger partial charge in [-0.25, -0.2) is 0 Å². The minimum Gasteiger partial charge on any atom is -0.489 e. The topological polar surface area (TPSA) is 99.3 Å². The molecule has 0 atom stereocenters. The molecule has 0 fully saturated rings. The van der Waals surface area contributed by atoms with Crippen molar-refractivity contribution < 1.29 is 14.5 Å². The van der Waals surface area contributed by atoms with Crippen LogP contribution in [0.1, 0.15) is 21.5 Å². The van der Waals surface area contributed by atoms with E-state index in [9.17, 15) is 14.9 Å². The van der Waals surface area contributed by atoms with Crippen molar-refractivity contribution >= 4 is 40.6 Å². The van der Waals surface area contributed by atoms with E-state index >= 15 is 0 Å². The highest BCUT2D eigenvalue weighted by atomic mass is 35.5. The number of nitro groups is 1. The van der Waals surface area contributed by atoms with Crippen molar-refractivity contribution in [3.8, 4) is 5.75 Å². The number of nitro benzene ring substituents is 1. The van der Waals surface area contributed by atoms with Crippen molar-refractivity contribution in [2.75, 3.05) is 5.32 Å². The number of hydrogen-bond donors (Lipinski definition) is 1. The molecule has 0 radical (unpaired) electrons. The van der Waals surface area contributed by atoms with Gasteiger partial charge in [0, 0.05) is 30.0 Å². The molecule has 0 spiro atoms. The van der Waals surface area contributed by atoms with Crippen LogP contribution in [0.25, 0.3) is 0 Å². The molecule has 0 saturated carbocycles. The number of aromatic nitrogens is 2. The monoisotopic (exact) mass is 496 g/mol. The SMILES string of the molecule is O=C(Nc1ccn(Cc2ccc(Cl)c(Cl)c2)n1)c1cccc(COc2ccc([N+](=O)[O-])cc2)c1. The fourth-order valence-electron chi connectivity index (χ4n) is 3.16. The van der Waals surface area contributed by atoms with Gasteiger partial charge in [-0.3, -0.25) is 19.6 Å². The first kappa shape index (κ1) is 23.3. The maximum Gasteiger partial charge on any atom is 0.269 e. The van der Waals surface area contributed by atoms with Crippen LogP contribution in [0.5, 0.6) is 5.75 Å². The number of carbonyl (C=O) groups is 1. The molecule has 1 heterocycles. The average Bonchev–Trinajstić information content (AvgIpc) is 3.27. The zero-order valence-corrected chi connectivity index (χ0v) is 19.2. The summed E-state index contributed by atoms with van der Waals surface area (Å²) < 4.78 is 7.35. The Labute approximate surface area is 204 Å². The highest BCUT2D eigenvalue weighted by Gasteiger charge is 2.10. The molecule has 4 rings (SSSR count). The summed E-state index contributed by atoms with van der Waals surface area (Å²) in [5.74, 6) is 0.600. The summed E-state index contributed by atoms with van der Waals surface area (Å²) in [7, 11) is 0. The molecule has 0 unspecified atom stereocenters. The number of hydrogen-bond acceptors (Lipinski definition) is 5. The Hall–Kier alpha value is -3.88. The summed E-state index contributed by atoms with van der Waals surface area (Å²) in [5, 5.41) is 18.9. The van der Waals surface area contributed by atoms with E-state index in [-0.39, 0.29) is 18.2 Å². The molecule has 1 amide bonds. The van der Waals surface area contributed by atoms with Crippen LogP contribution in [0.4, 0.5) is 11.5 Å². The van der Waals surface area contributed by atoms with E-state index in [1.54, 1.807) is 47.3 Å². The van der Waals surface area contributed by atoms with E-state index in [0.717, 1.165) is 11.1 Å². The molecule has 3 aromatic carbocycles. The summed E-state index contributed by atoms with van der Waals surface area (Å²) in [5.41, 5.74) is 2.14. The van der Waals surface area contributed by atoms with Crippen molar-refractivity contribution in [3.05, 3.63) is 116 Å². The van der Waals surface area contributed by atoms with Crippen molar-refractivity contribution in [1.82, 2.24) is 9.78 Å². The predicted octanol–water partition coefficient (Wildman–Crippen LogP) is 5.98. The Morgan fingerprint density at radius 3 is 2.53 bits per heavy atom. The highest BCUT2D eigenvalue weighted by Crippen LogP contribution is 2.23. The third-order valence-corrected chi connectivity index (χ3v) is 5.59. The van der Waals surface area contributed by atoms with Gasteiger partial charge in [0.15, 0.2) is 5.82 Å². The zero-order chi connectivity index (χ0) is 24.1. The Bertz CT molecular complexity index is 1340. The molecule has 1 aromatic heterocycles. The van der Waals surface area contributed by atoms with Crippen LogP contribution in [0.3, 0.4) is 0 Å². The Morgan fingerprint density at radius 2 is 1.79 bits per heavy atom. The number of carbonyl (C=O) groups excluding carboxylic acids is 1. The lowest BCUT2D eigenvalue weighted by molar-refractivity contribution is -0.384. The molecular weight excluding hydrogens is 479 g/mol. The van der Waals surface area contributed by atoms with Crippen LogP contribution in [0.2, 0.25) is 10.0 Å². The van der Waals surface area contributed by atoms with E-state index in [1.165, 1.54) is 24.3 Å². The number of non-ortho nitro benzene ring substituents is 1. The minimum absolute atomic E-state index is 0.00887. The first-order valence-electron chi connectivity index (χ1n) is 10.1. The van der Waals surface area contributed by atoms with Gasteiger partial charge in [0.2, 0.25) is 0 Å². The number of ether oxygens (including phenoxy) is 1. The first-order chi connectivity index (χ1) is 16.4. The lowest BCUT2D eigenvalue weighted by Crippen LogP contribution is -2.13. The van der Waals surface area contributed by atoms with Gasteiger partial charge in [-0.1, -0.05) is 41.4 Å². The van der Waals surface area contributed by atoms with Gasteiger partial charge in [0.1, 0.15) is 12.4 Å². The molecule has 0 bridgehead atoms. The molecule has 0 aliphatic heterocycles. The Balaban J connectivity index is 1.36. The summed E-state index contributed by atoms with van der Waals surface area (Å²) in [6.45, 7) is 0.680. The van der Waals surface area contributed by atoms with Gasteiger partial charge in [0.05, 0.1) is 21.5 Å². The third kappa shape index (κ3) is 5.92. The van der Waals surface area contributed by atoms with Crippen LogP contribution >= 0.6 is 23.2 Å². The fourth-order valence-corrected chi connectivity index (χ4v) is 3.48. The van der Waals surface area contributed by atoms with Crippen molar-refractivity contribution in [3.63, 3.8) is 0 Å². The standard InChI is InChI=1S/C24H18Cl2N4O4/c25-21-9-4-16(13-22(21)26)14-29-11-10-23(28-29)27-24(31)18-3-1-2-17(12-18)15-34-20-7-5-19(6-8-20)30(32)33/h1-13H,14-15H2,(H,27,28,31). The number of halogens is 2. The van der Waals surface area contributed by atoms with Crippen LogP contribution in [-0.4, -0.2) is 20.6 Å². The van der Waals surface area contributed by atoms with Crippen molar-refractivity contribution in [2.45, 2.75) is 13.2 Å². The Kier molecular flexibility index (Phi) is 7.10. The van der Waals surface area contributed by atoms with Crippen molar-refractivity contribution in [1.29, 1.82) is 0 Å². The second-order valence-corrected chi connectivity index (χ2v) is 8.16. The summed E-state index contributed by atoms with van der Waals surface area (Å²) in [6, 6.07) is 19.9. The third-order valence-electron chi connectivity index (χ3n) is 4.85. The van der Waals surface area contributed by atoms with Crippen LogP contribution < -0.4 is 10.1 Å². The van der Waals surface area contributed by atoms with E-state index in [4.69, 9.17) is 27.9 Å². The number of nitrogens with zero attached hydrogens (tertiary/aromatic N) is 3. The van der Waals surface area contributed by atoms with Crippen molar-refractivity contribution in [2.24, 2.45) is 0 Å². The number of anilines is 1. The lowest BCUT2D eigenvalue weighted by atomic mass is 10.1. The van der Waals surface area contributed by atoms with Gasteiger partial charge < -0.3 is 10.1 Å². The van der Waals surface area contributed by atoms with Gasteiger partial charge >= 0.3 is 0 Å². The molecule has 34 heavy (non-hydrogen) atoms. The maximum atomic E-state index is 12.7. The molecule has 0 aliphatic carbocycles. The summed E-state index contributed by atoms with van der Waals surface area (Å²) >= 11 is 12.0. The van der Waals surface area contributed by atoms with E-state index in [2.05, 4.69) is 10.4 Å². The molecule has 0 aliphatic rings. The van der Waals surface area contributed by atoms with Gasteiger partial charge in [-0.2, -0.15) is 5.10 Å². The maximum absolute atomic E-state index is 12.7. The fraction of sp³-hybridized carbons (Fsp3) is 0.0833. The lowest BCUT2D eigenvalue weighted by Gasteiger charge is -2.08. The quantitative estimate of drug-likeness (QED) is 0.239. The number of benzene rings is 3. The van der Waals surface area contributed by atoms with E-state index in [0.29, 0.717) is 33.7 Å². The zero-order valence-electron chi connectivity index (χ0n) is 17.7. The molecule has 10 heteroatoms. The van der Waals surface area contributed by atoms with Crippen LogP contribution in [0.15, 0.2) is 79.0 Å². The molecule has 0 saturated heterocycles. The minimum atomic E-state index is -0.470. The number of nitrogens with one attached hydrogen (secondary N) is 1.